The Morgan fingerprint density at radius 1 is 0.709 bits per heavy atom. The number of rotatable bonds is 4. The zero-order valence-electron chi connectivity index (χ0n) is 30.3. The van der Waals surface area contributed by atoms with E-state index in [0.29, 0.717) is 21.7 Å². The largest absolute Gasteiger partial charge is 0.744 e. The van der Waals surface area contributed by atoms with Crippen LogP contribution in [0.25, 0.3) is 16.0 Å². The van der Waals surface area contributed by atoms with E-state index < -0.39 is 17.3 Å². The van der Waals surface area contributed by atoms with E-state index in [4.69, 9.17) is 0 Å². The first-order chi connectivity index (χ1) is 26.8. The molecule has 7 heterocycles. The van der Waals surface area contributed by atoms with E-state index in [-0.39, 0.29) is 4.90 Å². The van der Waals surface area contributed by atoms with Crippen molar-refractivity contribution in [3.05, 3.63) is 143 Å². The molecule has 6 aromatic rings. The number of aryl methyl sites for hydroxylation is 4. The van der Waals surface area contributed by atoms with Crippen LogP contribution in [0.3, 0.4) is 0 Å². The van der Waals surface area contributed by atoms with E-state index in [1.807, 2.05) is 30.3 Å². The van der Waals surface area contributed by atoms with Crippen LogP contribution in [-0.2, 0) is 40.4 Å². The van der Waals surface area contributed by atoms with Gasteiger partial charge in [-0.05, 0) is 103 Å². The topological polar surface area (TPSA) is 80.5 Å². The van der Waals surface area contributed by atoms with Crippen LogP contribution in [0, 0.1) is 9.75 Å². The van der Waals surface area contributed by atoms with Crippen molar-refractivity contribution < 1.29 is 17.5 Å². The first kappa shape index (κ1) is 34.2. The highest BCUT2D eigenvalue weighted by atomic mass is 32.2. The number of hydrogen-bond acceptors (Lipinski definition) is 7. The van der Waals surface area contributed by atoms with Crippen LogP contribution >= 0.6 is 29.8 Å². The number of anilines is 1. The average Bonchev–Trinajstić information content (AvgIpc) is 3.86. The van der Waals surface area contributed by atoms with E-state index in [1.165, 1.54) is 39.4 Å². The zero-order chi connectivity index (χ0) is 37.1. The third-order valence-corrected chi connectivity index (χ3v) is 19.0. The summed E-state index contributed by atoms with van der Waals surface area (Å²) in [5, 5.41) is 4.70. The van der Waals surface area contributed by atoms with E-state index >= 15 is 4.57 Å². The molecule has 10 heteroatoms. The van der Waals surface area contributed by atoms with Crippen molar-refractivity contribution in [1.82, 2.24) is 4.58 Å². The first-order valence-corrected chi connectivity index (χ1v) is 24.2. The zero-order valence-corrected chi connectivity index (χ0v) is 33.7. The molecule has 0 amide bonds. The molecular formula is C45H39N2O4PS3. The number of thiophene rings is 2. The first-order valence-electron chi connectivity index (χ1n) is 19.5. The second-order valence-electron chi connectivity index (χ2n) is 15.6. The molecule has 2 aromatic heterocycles. The highest BCUT2D eigenvalue weighted by molar-refractivity contribution is 7.86. The summed E-state index contributed by atoms with van der Waals surface area (Å²) in [4.78, 5) is 4.08. The lowest BCUT2D eigenvalue weighted by Crippen LogP contribution is -2.43. The highest BCUT2D eigenvalue weighted by Crippen LogP contribution is 2.51. The lowest BCUT2D eigenvalue weighted by molar-refractivity contribution is 0.463. The Morgan fingerprint density at radius 3 is 2.05 bits per heavy atom. The fourth-order valence-electron chi connectivity index (χ4n) is 10.0. The third kappa shape index (κ3) is 5.30. The molecule has 0 aliphatic carbocycles. The van der Waals surface area contributed by atoms with Gasteiger partial charge in [-0.1, -0.05) is 48.5 Å². The Kier molecular flexibility index (Phi) is 7.89. The van der Waals surface area contributed by atoms with Crippen molar-refractivity contribution in [3.63, 3.8) is 0 Å². The summed E-state index contributed by atoms with van der Waals surface area (Å²) < 4.78 is 59.7. The minimum atomic E-state index is -4.84. The van der Waals surface area contributed by atoms with Gasteiger partial charge in [-0.15, -0.1) is 22.7 Å². The van der Waals surface area contributed by atoms with Gasteiger partial charge >= 0.3 is 0 Å². The van der Waals surface area contributed by atoms with Crippen LogP contribution in [0.2, 0.25) is 0 Å². The minimum absolute atomic E-state index is 0.250. The van der Waals surface area contributed by atoms with Gasteiger partial charge in [0.05, 0.1) is 4.90 Å². The summed E-state index contributed by atoms with van der Waals surface area (Å²) in [6.45, 7) is 4.40. The Labute approximate surface area is 328 Å². The SMILES string of the molecule is O=P1(c2ccccc2)c2cc(-c3cc4c5c(c3)CCCN5CCC4)sc2C(c2ccccc2S(=O)(=O)[O-])=c2sc(=c3cc4c5c(c3)CCC[N+]=5CCC4)cc21. The summed E-state index contributed by atoms with van der Waals surface area (Å²) in [6.07, 6.45) is 8.67. The van der Waals surface area contributed by atoms with Crippen LogP contribution in [0.5, 0.6) is 0 Å². The molecule has 4 aromatic carbocycles. The fraction of sp³-hybridized carbons (Fsp3) is 0.267. The van der Waals surface area contributed by atoms with Gasteiger partial charge in [0, 0.05) is 88.6 Å². The maximum absolute atomic E-state index is 16.5. The average molecular weight is 799 g/mol. The van der Waals surface area contributed by atoms with Crippen LogP contribution < -0.4 is 35.3 Å². The Hall–Kier alpha value is -4.11. The standard InChI is InChI=1S/C45H39N2O4PS3/c48-52(34-14-2-1-3-15-34)36-26-38(32-22-28-10-6-18-46-19-7-11-29(23-32)42(28)46)53-44(36)41(35-16-4-5-17-40(35)55(49,50)51)45-37(52)27-39(54-45)33-24-30-12-8-20-47-21-9-13-31(25-33)43(30)47/h1-5,14-17,22-27H,6-13,18-21H2. The molecule has 0 radical (unpaired) electrons. The Morgan fingerprint density at radius 2 is 1.36 bits per heavy atom. The summed E-state index contributed by atoms with van der Waals surface area (Å²) in [5.74, 6) is 0. The van der Waals surface area contributed by atoms with Gasteiger partial charge in [-0.25, -0.2) is 13.0 Å². The van der Waals surface area contributed by atoms with Crippen molar-refractivity contribution in [2.45, 2.75) is 56.3 Å². The predicted molar refractivity (Wildman–Crippen MR) is 223 cm³/mol. The smallest absolute Gasteiger partial charge is 0.206 e. The monoisotopic (exact) mass is 798 g/mol. The number of benzene rings is 4. The molecule has 0 saturated carbocycles. The molecule has 11 rings (SSSR count). The Bertz CT molecular complexity index is 2950. The lowest BCUT2D eigenvalue weighted by Gasteiger charge is -2.37. The molecular weight excluding hydrogens is 760 g/mol. The van der Waals surface area contributed by atoms with Gasteiger partial charge in [0.15, 0.2) is 7.14 Å². The molecule has 0 saturated heterocycles. The van der Waals surface area contributed by atoms with Crippen LogP contribution in [0.4, 0.5) is 5.69 Å². The molecule has 0 fully saturated rings. The molecule has 5 aliphatic heterocycles. The molecule has 276 valence electrons. The van der Waals surface area contributed by atoms with Gasteiger partial charge in [0.25, 0.3) is 0 Å². The molecule has 0 spiro atoms. The Balaban J connectivity index is 1.26. The van der Waals surface area contributed by atoms with Crippen molar-refractivity contribution in [3.8, 4) is 10.4 Å². The van der Waals surface area contributed by atoms with Gasteiger partial charge < -0.3 is 14.0 Å². The molecule has 0 N–H and O–H groups in total. The summed E-state index contributed by atoms with van der Waals surface area (Å²) >= 11 is 3.16. The van der Waals surface area contributed by atoms with E-state index in [9.17, 15) is 13.0 Å². The maximum atomic E-state index is 16.5. The summed E-state index contributed by atoms with van der Waals surface area (Å²) in [7, 11) is -8.32. The molecule has 0 bridgehead atoms. The number of nitrogens with zero attached hydrogens (tertiary/aromatic N) is 2. The maximum Gasteiger partial charge on any atom is 0.206 e. The van der Waals surface area contributed by atoms with E-state index in [0.717, 1.165) is 112 Å². The van der Waals surface area contributed by atoms with E-state index in [1.54, 1.807) is 40.9 Å². The fourth-order valence-corrected chi connectivity index (χ4v) is 17.1. The quantitative estimate of drug-likeness (QED) is 0.125. The molecule has 1 unspecified atom stereocenters. The lowest BCUT2D eigenvalue weighted by atomic mass is 9.90. The second kappa shape index (κ2) is 12.7. The third-order valence-electron chi connectivity index (χ3n) is 12.3. The highest BCUT2D eigenvalue weighted by Gasteiger charge is 2.41. The van der Waals surface area contributed by atoms with Crippen molar-refractivity contribution >= 4 is 67.1 Å². The predicted octanol–water partition coefficient (Wildman–Crippen LogP) is 5.95. The van der Waals surface area contributed by atoms with Gasteiger partial charge in [-0.2, -0.15) is 0 Å². The van der Waals surface area contributed by atoms with Crippen LogP contribution in [0.15, 0.2) is 95.9 Å². The van der Waals surface area contributed by atoms with E-state index in [2.05, 4.69) is 45.9 Å². The molecule has 55 heavy (non-hydrogen) atoms. The van der Waals surface area contributed by atoms with Crippen LogP contribution in [-0.4, -0.2) is 39.1 Å². The number of fused-ring (bicyclic) bond motifs is 2. The van der Waals surface area contributed by atoms with Crippen LogP contribution in [0.1, 0.15) is 58.4 Å². The van der Waals surface area contributed by atoms with Gasteiger partial charge in [0.1, 0.15) is 23.2 Å². The van der Waals surface area contributed by atoms with Crippen molar-refractivity contribution in [1.29, 1.82) is 0 Å². The van der Waals surface area contributed by atoms with Crippen molar-refractivity contribution in [2.75, 3.05) is 31.1 Å². The molecule has 1 atom stereocenters. The number of hydrogen-bond donors (Lipinski definition) is 0. The minimum Gasteiger partial charge on any atom is -0.744 e. The van der Waals surface area contributed by atoms with Crippen molar-refractivity contribution in [2.24, 2.45) is 0 Å². The van der Waals surface area contributed by atoms with Gasteiger partial charge in [0.2, 0.25) is 5.36 Å². The summed E-state index contributed by atoms with van der Waals surface area (Å²) in [5.41, 5.74) is 9.07. The van der Waals surface area contributed by atoms with Gasteiger partial charge in [-0.3, -0.25) is 0 Å². The summed E-state index contributed by atoms with van der Waals surface area (Å²) in [6, 6.07) is 29.9. The molecule has 5 aliphatic rings. The normalized spacial score (nSPS) is 19.8. The second-order valence-corrected chi connectivity index (χ2v) is 21.7. The molecule has 6 nitrogen and oxygen atoms in total.